The molecule has 0 aliphatic carbocycles. The zero-order valence-corrected chi connectivity index (χ0v) is 12.0. The summed E-state index contributed by atoms with van der Waals surface area (Å²) >= 11 is 1.37. The largest absolute Gasteiger partial charge is 0.486 e. The molecule has 0 saturated carbocycles. The number of ether oxygens (including phenoxy) is 1. The van der Waals surface area contributed by atoms with Gasteiger partial charge in [-0.25, -0.2) is 4.98 Å². The van der Waals surface area contributed by atoms with Crippen LogP contribution < -0.4 is 10.1 Å². The molecule has 0 fully saturated rings. The van der Waals surface area contributed by atoms with Crippen LogP contribution in [0.1, 0.15) is 25.9 Å². The molecule has 0 radical (unpaired) electrons. The second kappa shape index (κ2) is 5.84. The summed E-state index contributed by atoms with van der Waals surface area (Å²) in [5.74, 6) is 0.705. The van der Waals surface area contributed by atoms with Crippen molar-refractivity contribution in [3.05, 3.63) is 45.4 Å². The standard InChI is InChI=1S/C14H16N2O2S/c1-9-4-6-11(7-5-9)18-8-12-16-10(2)13(19-12)14(17)15-3/h4-7H,8H2,1-3H3,(H,15,17). The van der Waals surface area contributed by atoms with E-state index in [9.17, 15) is 4.79 Å². The summed E-state index contributed by atoms with van der Waals surface area (Å²) in [5, 5.41) is 3.41. The first-order valence-corrected chi connectivity index (χ1v) is 6.79. The molecule has 0 aliphatic heterocycles. The Morgan fingerprint density at radius 3 is 2.63 bits per heavy atom. The van der Waals surface area contributed by atoms with Crippen LogP contribution in [0.15, 0.2) is 24.3 Å². The van der Waals surface area contributed by atoms with Crippen LogP contribution in [0, 0.1) is 13.8 Å². The van der Waals surface area contributed by atoms with Gasteiger partial charge in [-0.05, 0) is 26.0 Å². The zero-order chi connectivity index (χ0) is 13.8. The van der Waals surface area contributed by atoms with Gasteiger partial charge >= 0.3 is 0 Å². The van der Waals surface area contributed by atoms with Crippen LogP contribution in [0.4, 0.5) is 0 Å². The van der Waals surface area contributed by atoms with Crippen molar-refractivity contribution < 1.29 is 9.53 Å². The van der Waals surface area contributed by atoms with Crippen molar-refractivity contribution in [3.63, 3.8) is 0 Å². The number of carbonyl (C=O) groups excluding carboxylic acids is 1. The minimum atomic E-state index is -0.100. The first kappa shape index (κ1) is 13.5. The topological polar surface area (TPSA) is 51.2 Å². The molecular weight excluding hydrogens is 260 g/mol. The summed E-state index contributed by atoms with van der Waals surface area (Å²) in [4.78, 5) is 16.6. The van der Waals surface area contributed by atoms with E-state index in [1.54, 1.807) is 7.05 Å². The highest BCUT2D eigenvalue weighted by atomic mass is 32.1. The van der Waals surface area contributed by atoms with Crippen LogP contribution in [-0.4, -0.2) is 17.9 Å². The first-order valence-electron chi connectivity index (χ1n) is 5.98. The van der Waals surface area contributed by atoms with Gasteiger partial charge in [0, 0.05) is 7.05 Å². The van der Waals surface area contributed by atoms with Crippen LogP contribution in [0.3, 0.4) is 0 Å². The molecule has 100 valence electrons. The molecule has 1 aromatic carbocycles. The van der Waals surface area contributed by atoms with E-state index >= 15 is 0 Å². The molecule has 2 rings (SSSR count). The van der Waals surface area contributed by atoms with Gasteiger partial charge < -0.3 is 10.1 Å². The zero-order valence-electron chi connectivity index (χ0n) is 11.2. The minimum Gasteiger partial charge on any atom is -0.486 e. The van der Waals surface area contributed by atoms with Gasteiger partial charge in [0.25, 0.3) is 5.91 Å². The molecule has 5 heteroatoms. The Hall–Kier alpha value is -1.88. The maximum absolute atomic E-state index is 11.6. The summed E-state index contributed by atoms with van der Waals surface area (Å²) in [5.41, 5.74) is 1.94. The predicted molar refractivity (Wildman–Crippen MR) is 75.8 cm³/mol. The number of nitrogens with zero attached hydrogens (tertiary/aromatic N) is 1. The van der Waals surface area contributed by atoms with Crippen molar-refractivity contribution in [2.45, 2.75) is 20.5 Å². The predicted octanol–water partition coefficient (Wildman–Crippen LogP) is 2.70. The smallest absolute Gasteiger partial charge is 0.263 e. The van der Waals surface area contributed by atoms with E-state index in [0.717, 1.165) is 16.5 Å². The van der Waals surface area contributed by atoms with E-state index in [-0.39, 0.29) is 5.91 Å². The van der Waals surface area contributed by atoms with Gasteiger partial charge in [-0.15, -0.1) is 11.3 Å². The van der Waals surface area contributed by atoms with E-state index in [1.807, 2.05) is 38.1 Å². The van der Waals surface area contributed by atoms with Crippen molar-refractivity contribution in [1.29, 1.82) is 0 Å². The van der Waals surface area contributed by atoms with Crippen LogP contribution in [0.5, 0.6) is 5.75 Å². The Kier molecular flexibility index (Phi) is 4.16. The van der Waals surface area contributed by atoms with E-state index in [4.69, 9.17) is 4.74 Å². The van der Waals surface area contributed by atoms with Crippen LogP contribution >= 0.6 is 11.3 Å². The summed E-state index contributed by atoms with van der Waals surface area (Å²) in [6, 6.07) is 7.85. The lowest BCUT2D eigenvalue weighted by atomic mass is 10.2. The lowest BCUT2D eigenvalue weighted by Crippen LogP contribution is -2.17. The van der Waals surface area contributed by atoms with Gasteiger partial charge in [0.2, 0.25) is 0 Å². The second-order valence-corrected chi connectivity index (χ2v) is 5.29. The number of nitrogens with one attached hydrogen (secondary N) is 1. The average Bonchev–Trinajstić information content (AvgIpc) is 2.78. The maximum Gasteiger partial charge on any atom is 0.263 e. The fourth-order valence-corrected chi connectivity index (χ4v) is 2.54. The molecule has 0 bridgehead atoms. The average molecular weight is 276 g/mol. The van der Waals surface area contributed by atoms with Crippen molar-refractivity contribution in [1.82, 2.24) is 10.3 Å². The number of hydrogen-bond donors (Lipinski definition) is 1. The fraction of sp³-hybridized carbons (Fsp3) is 0.286. The van der Waals surface area contributed by atoms with Crippen LogP contribution in [0.25, 0.3) is 0 Å². The first-order chi connectivity index (χ1) is 9.10. The Labute approximate surface area is 116 Å². The SMILES string of the molecule is CNC(=O)c1sc(COc2ccc(C)cc2)nc1C. The quantitative estimate of drug-likeness (QED) is 0.934. The molecule has 0 atom stereocenters. The maximum atomic E-state index is 11.6. The number of hydrogen-bond acceptors (Lipinski definition) is 4. The lowest BCUT2D eigenvalue weighted by molar-refractivity contribution is 0.0966. The van der Waals surface area contributed by atoms with Gasteiger partial charge in [-0.2, -0.15) is 0 Å². The van der Waals surface area contributed by atoms with Gasteiger partial charge in [0.05, 0.1) is 5.69 Å². The van der Waals surface area contributed by atoms with Crippen LogP contribution in [-0.2, 0) is 6.61 Å². The molecule has 4 nitrogen and oxygen atoms in total. The highest BCUT2D eigenvalue weighted by Crippen LogP contribution is 2.20. The second-order valence-electron chi connectivity index (χ2n) is 4.20. The number of benzene rings is 1. The molecule has 0 aliphatic rings. The van der Waals surface area contributed by atoms with Gasteiger partial charge in [0.15, 0.2) is 0 Å². The summed E-state index contributed by atoms with van der Waals surface area (Å²) in [6.45, 7) is 4.24. The van der Waals surface area contributed by atoms with Gasteiger partial charge in [-0.3, -0.25) is 4.79 Å². The fourth-order valence-electron chi connectivity index (χ4n) is 1.62. The van der Waals surface area contributed by atoms with Crippen molar-refractivity contribution >= 4 is 17.2 Å². The van der Waals surface area contributed by atoms with E-state index in [2.05, 4.69) is 10.3 Å². The molecule has 1 heterocycles. The highest BCUT2D eigenvalue weighted by molar-refractivity contribution is 7.13. The van der Waals surface area contributed by atoms with E-state index in [1.165, 1.54) is 16.9 Å². The third kappa shape index (κ3) is 3.32. The minimum absolute atomic E-state index is 0.100. The normalized spacial score (nSPS) is 10.3. The third-order valence-corrected chi connectivity index (χ3v) is 3.79. The molecule has 0 unspecified atom stereocenters. The number of amides is 1. The number of rotatable bonds is 4. The highest BCUT2D eigenvalue weighted by Gasteiger charge is 2.13. The van der Waals surface area contributed by atoms with E-state index < -0.39 is 0 Å². The van der Waals surface area contributed by atoms with Crippen molar-refractivity contribution in [2.24, 2.45) is 0 Å². The molecule has 19 heavy (non-hydrogen) atoms. The molecule has 1 N–H and O–H groups in total. The monoisotopic (exact) mass is 276 g/mol. The number of thiazole rings is 1. The summed E-state index contributed by atoms with van der Waals surface area (Å²) in [7, 11) is 1.62. The molecule has 1 amide bonds. The van der Waals surface area contributed by atoms with Gasteiger partial charge in [0.1, 0.15) is 22.2 Å². The molecule has 0 spiro atoms. The summed E-state index contributed by atoms with van der Waals surface area (Å²) < 4.78 is 5.64. The Bertz CT molecular complexity index is 576. The lowest BCUT2D eigenvalue weighted by Gasteiger charge is -2.03. The van der Waals surface area contributed by atoms with Crippen molar-refractivity contribution in [2.75, 3.05) is 7.05 Å². The molecule has 0 saturated heterocycles. The van der Waals surface area contributed by atoms with Gasteiger partial charge in [-0.1, -0.05) is 17.7 Å². The number of carbonyl (C=O) groups is 1. The molecule has 1 aromatic heterocycles. The Morgan fingerprint density at radius 1 is 1.32 bits per heavy atom. The molecule has 2 aromatic rings. The van der Waals surface area contributed by atoms with Crippen molar-refractivity contribution in [3.8, 4) is 5.75 Å². The number of aryl methyl sites for hydroxylation is 2. The summed E-state index contributed by atoms with van der Waals surface area (Å²) in [6.07, 6.45) is 0. The van der Waals surface area contributed by atoms with E-state index in [0.29, 0.717) is 11.5 Å². The Balaban J connectivity index is 2.04. The van der Waals surface area contributed by atoms with Crippen LogP contribution in [0.2, 0.25) is 0 Å². The number of aromatic nitrogens is 1. The molecular formula is C14H16N2O2S. The third-order valence-electron chi connectivity index (χ3n) is 2.66. The Morgan fingerprint density at radius 2 is 2.00 bits per heavy atom.